The molecule has 2 N–H and O–H groups in total. The fourth-order valence-electron chi connectivity index (χ4n) is 2.39. The lowest BCUT2D eigenvalue weighted by Gasteiger charge is -2.16. The maximum Gasteiger partial charge on any atom is 0.119 e. The SMILES string of the molecule is COc1cccc(CC(CN)Cc2cccc(Cl)c2Cl)c1. The standard InChI is InChI=1S/C17H19Cl2NO/c1-21-15-6-2-4-12(10-15)8-13(11-20)9-14-5-3-7-16(18)17(14)19/h2-7,10,13H,8-9,11,20H2,1H3. The topological polar surface area (TPSA) is 35.2 Å². The Balaban J connectivity index is 2.11. The molecule has 0 aromatic heterocycles. The molecule has 2 aromatic rings. The largest absolute Gasteiger partial charge is 0.497 e. The Hall–Kier alpha value is -1.22. The van der Waals surface area contributed by atoms with Crippen LogP contribution in [0.5, 0.6) is 5.75 Å². The van der Waals surface area contributed by atoms with Gasteiger partial charge in [-0.1, -0.05) is 47.5 Å². The molecule has 0 amide bonds. The van der Waals surface area contributed by atoms with E-state index in [9.17, 15) is 0 Å². The van der Waals surface area contributed by atoms with Gasteiger partial charge in [0.1, 0.15) is 5.75 Å². The van der Waals surface area contributed by atoms with E-state index >= 15 is 0 Å². The highest BCUT2D eigenvalue weighted by molar-refractivity contribution is 6.42. The van der Waals surface area contributed by atoms with E-state index in [1.165, 1.54) is 5.56 Å². The Bertz CT molecular complexity index is 601. The molecule has 0 bridgehead atoms. The first kappa shape index (κ1) is 16.2. The molecule has 2 aromatic carbocycles. The summed E-state index contributed by atoms with van der Waals surface area (Å²) in [6.07, 6.45) is 1.70. The molecule has 0 aliphatic carbocycles. The minimum absolute atomic E-state index is 0.313. The molecule has 1 unspecified atom stereocenters. The van der Waals surface area contributed by atoms with Crippen LogP contribution in [0.4, 0.5) is 0 Å². The average molecular weight is 324 g/mol. The molecule has 0 radical (unpaired) electrons. The third-order valence-corrected chi connectivity index (χ3v) is 4.39. The summed E-state index contributed by atoms with van der Waals surface area (Å²) in [4.78, 5) is 0. The highest BCUT2D eigenvalue weighted by Crippen LogP contribution is 2.28. The molecule has 4 heteroatoms. The average Bonchev–Trinajstić information content (AvgIpc) is 2.51. The minimum Gasteiger partial charge on any atom is -0.497 e. The van der Waals surface area contributed by atoms with Crippen LogP contribution in [0.3, 0.4) is 0 Å². The van der Waals surface area contributed by atoms with Crippen LogP contribution >= 0.6 is 23.2 Å². The highest BCUT2D eigenvalue weighted by Gasteiger charge is 2.13. The van der Waals surface area contributed by atoms with E-state index in [0.717, 1.165) is 24.2 Å². The third kappa shape index (κ3) is 4.37. The number of benzene rings is 2. The van der Waals surface area contributed by atoms with E-state index in [1.807, 2.05) is 30.3 Å². The molecular weight excluding hydrogens is 305 g/mol. The van der Waals surface area contributed by atoms with Crippen molar-refractivity contribution in [1.82, 2.24) is 0 Å². The molecule has 0 aliphatic heterocycles. The van der Waals surface area contributed by atoms with Gasteiger partial charge >= 0.3 is 0 Å². The Kier molecular flexibility index (Phi) is 5.92. The summed E-state index contributed by atoms with van der Waals surface area (Å²) >= 11 is 12.3. The van der Waals surface area contributed by atoms with Gasteiger partial charge in [-0.05, 0) is 54.6 Å². The Labute approximate surface area is 135 Å². The van der Waals surface area contributed by atoms with E-state index in [0.29, 0.717) is 22.5 Å². The van der Waals surface area contributed by atoms with Crippen LogP contribution in [-0.2, 0) is 12.8 Å². The van der Waals surface area contributed by atoms with E-state index in [4.69, 9.17) is 33.7 Å². The Morgan fingerprint density at radius 3 is 2.57 bits per heavy atom. The fraction of sp³-hybridized carbons (Fsp3) is 0.294. The normalized spacial score (nSPS) is 12.2. The van der Waals surface area contributed by atoms with Crippen molar-refractivity contribution < 1.29 is 4.74 Å². The van der Waals surface area contributed by atoms with Crippen molar-refractivity contribution in [2.75, 3.05) is 13.7 Å². The van der Waals surface area contributed by atoms with Crippen molar-refractivity contribution >= 4 is 23.2 Å². The van der Waals surface area contributed by atoms with Crippen molar-refractivity contribution in [2.24, 2.45) is 11.7 Å². The van der Waals surface area contributed by atoms with Crippen LogP contribution in [0.1, 0.15) is 11.1 Å². The highest BCUT2D eigenvalue weighted by atomic mass is 35.5. The molecule has 112 valence electrons. The first-order valence-corrected chi connectivity index (χ1v) is 7.65. The second kappa shape index (κ2) is 7.69. The molecule has 0 aliphatic rings. The van der Waals surface area contributed by atoms with Crippen LogP contribution in [0.2, 0.25) is 10.0 Å². The monoisotopic (exact) mass is 323 g/mol. The predicted octanol–water partition coefficient (Wildman–Crippen LogP) is 4.36. The lowest BCUT2D eigenvalue weighted by atomic mass is 9.92. The summed E-state index contributed by atoms with van der Waals surface area (Å²) in [6.45, 7) is 0.597. The van der Waals surface area contributed by atoms with Gasteiger partial charge in [0.15, 0.2) is 0 Å². The summed E-state index contributed by atoms with van der Waals surface area (Å²) in [5.74, 6) is 1.18. The maximum absolute atomic E-state index is 6.25. The summed E-state index contributed by atoms with van der Waals surface area (Å²) < 4.78 is 5.25. The third-order valence-electron chi connectivity index (χ3n) is 3.53. The van der Waals surface area contributed by atoms with Gasteiger partial charge in [0, 0.05) is 0 Å². The van der Waals surface area contributed by atoms with Crippen LogP contribution < -0.4 is 10.5 Å². The molecule has 2 nitrogen and oxygen atoms in total. The van der Waals surface area contributed by atoms with Gasteiger partial charge in [-0.2, -0.15) is 0 Å². The predicted molar refractivity (Wildman–Crippen MR) is 89.4 cm³/mol. The summed E-state index contributed by atoms with van der Waals surface area (Å²) in [5, 5.41) is 1.22. The zero-order valence-electron chi connectivity index (χ0n) is 12.0. The molecule has 1 atom stereocenters. The van der Waals surface area contributed by atoms with Gasteiger partial charge in [0.25, 0.3) is 0 Å². The van der Waals surface area contributed by atoms with Crippen molar-refractivity contribution in [2.45, 2.75) is 12.8 Å². The molecule has 0 heterocycles. The lowest BCUT2D eigenvalue weighted by molar-refractivity contribution is 0.413. The fourth-order valence-corrected chi connectivity index (χ4v) is 2.79. The summed E-state index contributed by atoms with van der Waals surface area (Å²) in [6, 6.07) is 13.8. The van der Waals surface area contributed by atoms with Gasteiger partial charge in [0.05, 0.1) is 17.2 Å². The van der Waals surface area contributed by atoms with E-state index < -0.39 is 0 Å². The van der Waals surface area contributed by atoms with Crippen LogP contribution in [-0.4, -0.2) is 13.7 Å². The van der Waals surface area contributed by atoms with E-state index in [1.54, 1.807) is 13.2 Å². The minimum atomic E-state index is 0.313. The maximum atomic E-state index is 6.25. The number of halogens is 2. The van der Waals surface area contributed by atoms with Crippen molar-refractivity contribution in [3.05, 3.63) is 63.6 Å². The number of methoxy groups -OCH3 is 1. The van der Waals surface area contributed by atoms with Gasteiger partial charge in [-0.15, -0.1) is 0 Å². The zero-order chi connectivity index (χ0) is 15.2. The van der Waals surface area contributed by atoms with Crippen molar-refractivity contribution in [1.29, 1.82) is 0 Å². The number of nitrogens with two attached hydrogens (primary N) is 1. The molecule has 2 rings (SSSR count). The van der Waals surface area contributed by atoms with E-state index in [2.05, 4.69) is 6.07 Å². The number of rotatable bonds is 6. The number of hydrogen-bond donors (Lipinski definition) is 1. The van der Waals surface area contributed by atoms with Gasteiger partial charge in [-0.25, -0.2) is 0 Å². The van der Waals surface area contributed by atoms with Crippen LogP contribution in [0.25, 0.3) is 0 Å². The Morgan fingerprint density at radius 1 is 1.10 bits per heavy atom. The zero-order valence-corrected chi connectivity index (χ0v) is 13.5. The summed E-state index contributed by atoms with van der Waals surface area (Å²) in [5.41, 5.74) is 8.17. The molecule has 21 heavy (non-hydrogen) atoms. The van der Waals surface area contributed by atoms with Gasteiger partial charge in [0.2, 0.25) is 0 Å². The number of hydrogen-bond acceptors (Lipinski definition) is 2. The van der Waals surface area contributed by atoms with Crippen LogP contribution in [0, 0.1) is 5.92 Å². The van der Waals surface area contributed by atoms with Crippen molar-refractivity contribution in [3.8, 4) is 5.75 Å². The second-order valence-electron chi connectivity index (χ2n) is 5.07. The first-order valence-electron chi connectivity index (χ1n) is 6.90. The number of ether oxygens (including phenoxy) is 1. The summed E-state index contributed by atoms with van der Waals surface area (Å²) in [7, 11) is 1.67. The molecule has 0 spiro atoms. The van der Waals surface area contributed by atoms with E-state index in [-0.39, 0.29) is 0 Å². The second-order valence-corrected chi connectivity index (χ2v) is 5.86. The van der Waals surface area contributed by atoms with Crippen LogP contribution in [0.15, 0.2) is 42.5 Å². The molecular formula is C17H19Cl2NO. The molecule has 0 fully saturated rings. The van der Waals surface area contributed by atoms with Crippen molar-refractivity contribution in [3.63, 3.8) is 0 Å². The molecule has 0 saturated carbocycles. The quantitative estimate of drug-likeness (QED) is 0.857. The molecule has 0 saturated heterocycles. The first-order chi connectivity index (χ1) is 10.1. The smallest absolute Gasteiger partial charge is 0.119 e. The van der Waals surface area contributed by atoms with Gasteiger partial charge in [-0.3, -0.25) is 0 Å². The Morgan fingerprint density at radius 2 is 1.86 bits per heavy atom. The van der Waals surface area contributed by atoms with Gasteiger partial charge < -0.3 is 10.5 Å². The lowest BCUT2D eigenvalue weighted by Crippen LogP contribution is -2.19.